The van der Waals surface area contributed by atoms with Crippen LogP contribution in [0.2, 0.25) is 10.0 Å². The Balaban J connectivity index is 0.000000791. The van der Waals surface area contributed by atoms with Crippen LogP contribution in [-0.4, -0.2) is 13.7 Å². The van der Waals surface area contributed by atoms with E-state index in [-0.39, 0.29) is 0 Å². The van der Waals surface area contributed by atoms with Gasteiger partial charge in [-0.25, -0.2) is 0 Å². The maximum Gasteiger partial charge on any atom is 0.0503 e. The molecule has 80 valence electrons. The van der Waals surface area contributed by atoms with E-state index in [0.717, 1.165) is 12.0 Å². The highest BCUT2D eigenvalue weighted by atomic mass is 35.5. The lowest BCUT2D eigenvalue weighted by molar-refractivity contribution is 0.202. The molecule has 0 saturated heterocycles. The third-order valence-electron chi connectivity index (χ3n) is 1.59. The summed E-state index contributed by atoms with van der Waals surface area (Å²) in [4.78, 5) is 0. The second-order valence-corrected chi connectivity index (χ2v) is 3.32. The Kier molecular flexibility index (Phi) is 7.96. The number of benzene rings is 1. The van der Waals surface area contributed by atoms with Gasteiger partial charge >= 0.3 is 0 Å². The average Bonchev–Trinajstić information content (AvgIpc) is 2.20. The van der Waals surface area contributed by atoms with Crippen LogP contribution >= 0.6 is 23.2 Å². The van der Waals surface area contributed by atoms with Gasteiger partial charge in [0.25, 0.3) is 0 Å². The molecule has 0 atom stereocenters. The van der Waals surface area contributed by atoms with E-state index < -0.39 is 0 Å². The van der Waals surface area contributed by atoms with Gasteiger partial charge in [-0.2, -0.15) is 0 Å². The maximum absolute atomic E-state index is 5.93. The lowest BCUT2D eigenvalue weighted by atomic mass is 10.2. The van der Waals surface area contributed by atoms with Crippen LogP contribution in [0.25, 0.3) is 0 Å². The maximum atomic E-state index is 5.93. The first kappa shape index (κ1) is 13.8. The standard InChI is InChI=1S/C9H10Cl2O.C2H6/c1-12-5-4-7-2-3-8(10)6-9(7)11;1-2/h2-3,6H,4-5H2,1H3;1-2H3. The van der Waals surface area contributed by atoms with E-state index in [1.807, 2.05) is 26.0 Å². The molecule has 0 aliphatic carbocycles. The van der Waals surface area contributed by atoms with Gasteiger partial charge in [0.05, 0.1) is 6.61 Å². The highest BCUT2D eigenvalue weighted by molar-refractivity contribution is 6.35. The van der Waals surface area contributed by atoms with Crippen molar-refractivity contribution in [2.24, 2.45) is 0 Å². The molecule has 0 radical (unpaired) electrons. The van der Waals surface area contributed by atoms with Crippen LogP contribution in [0.15, 0.2) is 18.2 Å². The molecule has 0 unspecified atom stereocenters. The topological polar surface area (TPSA) is 9.23 Å². The van der Waals surface area contributed by atoms with Crippen LogP contribution in [0.1, 0.15) is 19.4 Å². The summed E-state index contributed by atoms with van der Waals surface area (Å²) in [5.41, 5.74) is 1.07. The highest BCUT2D eigenvalue weighted by Gasteiger charge is 1.99. The molecule has 0 heterocycles. The largest absolute Gasteiger partial charge is 0.384 e. The van der Waals surface area contributed by atoms with E-state index in [1.54, 1.807) is 13.2 Å². The Labute approximate surface area is 96.0 Å². The average molecular weight is 235 g/mol. The van der Waals surface area contributed by atoms with Crippen molar-refractivity contribution in [2.75, 3.05) is 13.7 Å². The van der Waals surface area contributed by atoms with Gasteiger partial charge in [0, 0.05) is 17.2 Å². The van der Waals surface area contributed by atoms with Gasteiger partial charge in [0.15, 0.2) is 0 Å². The van der Waals surface area contributed by atoms with Gasteiger partial charge in [0.2, 0.25) is 0 Å². The lowest BCUT2D eigenvalue weighted by Crippen LogP contribution is -1.94. The van der Waals surface area contributed by atoms with Crippen molar-refractivity contribution >= 4 is 23.2 Å². The van der Waals surface area contributed by atoms with Gasteiger partial charge in [-0.1, -0.05) is 43.1 Å². The minimum Gasteiger partial charge on any atom is -0.384 e. The summed E-state index contributed by atoms with van der Waals surface area (Å²) in [6, 6.07) is 5.50. The predicted molar refractivity (Wildman–Crippen MR) is 63.4 cm³/mol. The van der Waals surface area contributed by atoms with Crippen LogP contribution in [0.3, 0.4) is 0 Å². The quantitative estimate of drug-likeness (QED) is 0.762. The van der Waals surface area contributed by atoms with Crippen molar-refractivity contribution in [2.45, 2.75) is 20.3 Å². The van der Waals surface area contributed by atoms with Crippen LogP contribution in [0, 0.1) is 0 Å². The highest BCUT2D eigenvalue weighted by Crippen LogP contribution is 2.21. The van der Waals surface area contributed by atoms with Crippen molar-refractivity contribution in [3.05, 3.63) is 33.8 Å². The zero-order chi connectivity index (χ0) is 11.0. The predicted octanol–water partition coefficient (Wildman–Crippen LogP) is 4.21. The van der Waals surface area contributed by atoms with Crippen LogP contribution < -0.4 is 0 Å². The molecule has 14 heavy (non-hydrogen) atoms. The third-order valence-corrected chi connectivity index (χ3v) is 2.18. The molecule has 0 fully saturated rings. The lowest BCUT2D eigenvalue weighted by Gasteiger charge is -2.02. The fraction of sp³-hybridized carbons (Fsp3) is 0.455. The molecular formula is C11H16Cl2O. The number of rotatable bonds is 3. The molecule has 0 amide bonds. The van der Waals surface area contributed by atoms with Gasteiger partial charge in [-0.3, -0.25) is 0 Å². The molecule has 1 nitrogen and oxygen atoms in total. The Hall–Kier alpha value is -0.240. The minimum absolute atomic E-state index is 0.668. The Bertz CT molecular complexity index is 261. The molecule has 0 aliphatic heterocycles. The SMILES string of the molecule is CC.COCCc1ccc(Cl)cc1Cl. The van der Waals surface area contributed by atoms with Crippen molar-refractivity contribution in [3.63, 3.8) is 0 Å². The van der Waals surface area contributed by atoms with Crippen LogP contribution in [0.5, 0.6) is 0 Å². The smallest absolute Gasteiger partial charge is 0.0503 e. The van der Waals surface area contributed by atoms with Crippen LogP contribution in [0.4, 0.5) is 0 Å². The number of hydrogen-bond acceptors (Lipinski definition) is 1. The van der Waals surface area contributed by atoms with Gasteiger partial charge in [-0.05, 0) is 24.1 Å². The molecule has 3 heteroatoms. The van der Waals surface area contributed by atoms with Crippen molar-refractivity contribution in [3.8, 4) is 0 Å². The zero-order valence-corrected chi connectivity index (χ0v) is 10.3. The number of ether oxygens (including phenoxy) is 1. The van der Waals surface area contributed by atoms with E-state index in [9.17, 15) is 0 Å². The van der Waals surface area contributed by atoms with Crippen molar-refractivity contribution < 1.29 is 4.74 Å². The summed E-state index contributed by atoms with van der Waals surface area (Å²) in [5, 5.41) is 1.38. The molecule has 0 bridgehead atoms. The van der Waals surface area contributed by atoms with Crippen molar-refractivity contribution in [1.29, 1.82) is 0 Å². The molecular weight excluding hydrogens is 219 g/mol. The second kappa shape index (κ2) is 8.10. The van der Waals surface area contributed by atoms with E-state index in [0.29, 0.717) is 16.7 Å². The summed E-state index contributed by atoms with van der Waals surface area (Å²) in [5.74, 6) is 0. The normalized spacial score (nSPS) is 9.21. The molecule has 0 aliphatic rings. The Morgan fingerprint density at radius 1 is 1.21 bits per heavy atom. The van der Waals surface area contributed by atoms with Gasteiger partial charge in [0.1, 0.15) is 0 Å². The van der Waals surface area contributed by atoms with E-state index in [4.69, 9.17) is 27.9 Å². The molecule has 0 spiro atoms. The monoisotopic (exact) mass is 234 g/mol. The first-order chi connectivity index (χ1) is 6.74. The van der Waals surface area contributed by atoms with E-state index in [1.165, 1.54) is 0 Å². The molecule has 1 aromatic carbocycles. The summed E-state index contributed by atoms with van der Waals surface area (Å²) < 4.78 is 4.94. The molecule has 1 aromatic rings. The van der Waals surface area contributed by atoms with E-state index >= 15 is 0 Å². The Morgan fingerprint density at radius 3 is 2.36 bits per heavy atom. The van der Waals surface area contributed by atoms with Crippen LogP contribution in [-0.2, 0) is 11.2 Å². The van der Waals surface area contributed by atoms with Gasteiger partial charge < -0.3 is 4.74 Å². The number of halogens is 2. The zero-order valence-electron chi connectivity index (χ0n) is 8.81. The number of methoxy groups -OCH3 is 1. The first-order valence-corrected chi connectivity index (χ1v) is 5.42. The molecule has 1 rings (SSSR count). The third kappa shape index (κ3) is 4.85. The summed E-state index contributed by atoms with van der Waals surface area (Å²) in [6.07, 6.45) is 0.826. The van der Waals surface area contributed by atoms with Crippen molar-refractivity contribution in [1.82, 2.24) is 0 Å². The number of hydrogen-bond donors (Lipinski definition) is 0. The first-order valence-electron chi connectivity index (χ1n) is 4.67. The summed E-state index contributed by atoms with van der Waals surface area (Å²) >= 11 is 11.7. The molecule has 0 N–H and O–H groups in total. The summed E-state index contributed by atoms with van der Waals surface area (Å²) in [7, 11) is 1.67. The summed E-state index contributed by atoms with van der Waals surface area (Å²) in [6.45, 7) is 4.68. The fourth-order valence-electron chi connectivity index (χ4n) is 0.936. The fourth-order valence-corrected chi connectivity index (χ4v) is 1.44. The van der Waals surface area contributed by atoms with Gasteiger partial charge in [-0.15, -0.1) is 0 Å². The minimum atomic E-state index is 0.668. The second-order valence-electron chi connectivity index (χ2n) is 2.48. The van der Waals surface area contributed by atoms with E-state index in [2.05, 4.69) is 0 Å². The molecule has 0 saturated carbocycles. The molecule has 0 aromatic heterocycles. The Morgan fingerprint density at radius 2 is 1.86 bits per heavy atom.